The summed E-state index contributed by atoms with van der Waals surface area (Å²) in [6, 6.07) is 23.7. The van der Waals surface area contributed by atoms with Gasteiger partial charge in [-0.05, 0) is 59.7 Å². The first-order valence-electron chi connectivity index (χ1n) is 12.7. The minimum absolute atomic E-state index is 0.0966. The normalized spacial score (nSPS) is 11.4. The van der Waals surface area contributed by atoms with E-state index in [1.165, 1.54) is 24.7 Å². The van der Waals surface area contributed by atoms with E-state index in [-0.39, 0.29) is 18.2 Å². The maximum atomic E-state index is 13.4. The molecular weight excluding hydrogens is 529 g/mol. The predicted octanol–water partition coefficient (Wildman–Crippen LogP) is 5.29. The van der Waals surface area contributed by atoms with E-state index in [0.717, 1.165) is 33.5 Å². The van der Waals surface area contributed by atoms with Crippen LogP contribution in [0.4, 0.5) is 15.9 Å². The molecule has 0 saturated carbocycles. The molecule has 0 amide bonds. The standard InChI is InChI=1S/C30H28FN5O3S/c1-40(37,38)13-12-32-17-21-4-2-6-23(14-21)28-16-27-29(18-33-28)34-20-35-30(27)36-25-8-10-26(11-9-25)39-19-22-5-3-7-24(31)15-22/h2-11,14-16,18,20,32H,12-13,17,19H2,1H3,(H,34,35,36). The lowest BCUT2D eigenvalue weighted by Crippen LogP contribution is -2.21. The third kappa shape index (κ3) is 7.37. The highest BCUT2D eigenvalue weighted by atomic mass is 32.2. The summed E-state index contributed by atoms with van der Waals surface area (Å²) in [7, 11) is -3.00. The van der Waals surface area contributed by atoms with E-state index in [0.29, 0.717) is 30.2 Å². The number of benzene rings is 3. The van der Waals surface area contributed by atoms with Gasteiger partial charge in [-0.3, -0.25) is 4.98 Å². The van der Waals surface area contributed by atoms with E-state index in [1.54, 1.807) is 12.3 Å². The van der Waals surface area contributed by atoms with Crippen molar-refractivity contribution in [3.05, 3.63) is 108 Å². The molecule has 5 rings (SSSR count). The molecule has 5 aromatic rings. The maximum absolute atomic E-state index is 13.4. The Morgan fingerprint density at radius 2 is 1.70 bits per heavy atom. The maximum Gasteiger partial charge on any atom is 0.148 e. The van der Waals surface area contributed by atoms with Crippen molar-refractivity contribution in [3.8, 4) is 17.0 Å². The average Bonchev–Trinajstić information content (AvgIpc) is 2.95. The molecule has 0 aliphatic carbocycles. The highest BCUT2D eigenvalue weighted by Gasteiger charge is 2.09. The molecule has 0 bridgehead atoms. The van der Waals surface area contributed by atoms with Crippen LogP contribution < -0.4 is 15.4 Å². The molecule has 0 fully saturated rings. The largest absolute Gasteiger partial charge is 0.489 e. The molecule has 0 aliphatic heterocycles. The number of aromatic nitrogens is 3. The molecule has 0 spiro atoms. The van der Waals surface area contributed by atoms with Gasteiger partial charge in [-0.1, -0.05) is 30.3 Å². The number of nitrogens with zero attached hydrogens (tertiary/aromatic N) is 3. The van der Waals surface area contributed by atoms with Crippen molar-refractivity contribution in [2.45, 2.75) is 13.2 Å². The summed E-state index contributed by atoms with van der Waals surface area (Å²) >= 11 is 0. The quantitative estimate of drug-likeness (QED) is 0.211. The smallest absolute Gasteiger partial charge is 0.148 e. The lowest BCUT2D eigenvalue weighted by Gasteiger charge is -2.11. The van der Waals surface area contributed by atoms with Gasteiger partial charge in [0.2, 0.25) is 0 Å². The van der Waals surface area contributed by atoms with E-state index in [2.05, 4.69) is 25.6 Å². The van der Waals surface area contributed by atoms with Crippen molar-refractivity contribution < 1.29 is 17.5 Å². The van der Waals surface area contributed by atoms with Crippen LogP contribution in [-0.2, 0) is 23.0 Å². The molecule has 2 heterocycles. The van der Waals surface area contributed by atoms with Crippen LogP contribution in [0.1, 0.15) is 11.1 Å². The Hall–Kier alpha value is -4.41. The predicted molar refractivity (Wildman–Crippen MR) is 155 cm³/mol. The van der Waals surface area contributed by atoms with Crippen LogP contribution in [0.25, 0.3) is 22.2 Å². The summed E-state index contributed by atoms with van der Waals surface area (Å²) in [6.45, 7) is 1.22. The van der Waals surface area contributed by atoms with E-state index < -0.39 is 9.84 Å². The third-order valence-electron chi connectivity index (χ3n) is 6.13. The number of nitrogens with one attached hydrogen (secondary N) is 2. The van der Waals surface area contributed by atoms with Crippen molar-refractivity contribution in [1.29, 1.82) is 0 Å². The molecule has 0 saturated heterocycles. The second kappa shape index (κ2) is 12.2. The van der Waals surface area contributed by atoms with Crippen molar-refractivity contribution in [1.82, 2.24) is 20.3 Å². The van der Waals surface area contributed by atoms with E-state index in [9.17, 15) is 12.8 Å². The molecule has 0 aliphatic rings. The number of rotatable bonds is 11. The first-order chi connectivity index (χ1) is 19.3. The highest BCUT2D eigenvalue weighted by Crippen LogP contribution is 2.28. The van der Waals surface area contributed by atoms with Gasteiger partial charge in [0.05, 0.1) is 23.2 Å². The Labute approximate surface area is 232 Å². The highest BCUT2D eigenvalue weighted by molar-refractivity contribution is 7.90. The molecule has 2 aromatic heterocycles. The Morgan fingerprint density at radius 1 is 0.900 bits per heavy atom. The zero-order valence-corrected chi connectivity index (χ0v) is 22.7. The summed E-state index contributed by atoms with van der Waals surface area (Å²) in [5, 5.41) is 7.34. The molecule has 0 radical (unpaired) electrons. The SMILES string of the molecule is CS(=O)(=O)CCNCc1cccc(-c2cc3c(Nc4ccc(OCc5cccc(F)c5)cc4)ncnc3cn2)c1. The van der Waals surface area contributed by atoms with Crippen molar-refractivity contribution in [2.75, 3.05) is 23.9 Å². The van der Waals surface area contributed by atoms with Crippen LogP contribution in [0.5, 0.6) is 5.75 Å². The van der Waals surface area contributed by atoms with Gasteiger partial charge >= 0.3 is 0 Å². The number of pyridine rings is 1. The monoisotopic (exact) mass is 557 g/mol. The number of sulfone groups is 1. The molecule has 0 unspecified atom stereocenters. The van der Waals surface area contributed by atoms with E-state index in [1.807, 2.05) is 60.7 Å². The Bertz CT molecular complexity index is 1730. The fourth-order valence-electron chi connectivity index (χ4n) is 4.11. The van der Waals surface area contributed by atoms with Crippen LogP contribution in [0.2, 0.25) is 0 Å². The Morgan fingerprint density at radius 3 is 2.50 bits per heavy atom. The summed E-state index contributed by atoms with van der Waals surface area (Å²) in [5.41, 5.74) is 5.00. The summed E-state index contributed by atoms with van der Waals surface area (Å²) < 4.78 is 41.9. The molecule has 10 heteroatoms. The van der Waals surface area contributed by atoms with Gasteiger partial charge in [-0.25, -0.2) is 22.8 Å². The van der Waals surface area contributed by atoms with Crippen LogP contribution in [0.15, 0.2) is 91.4 Å². The molecule has 3 aromatic carbocycles. The van der Waals surface area contributed by atoms with Crippen molar-refractivity contribution >= 4 is 32.2 Å². The Kier molecular flexibility index (Phi) is 8.28. The van der Waals surface area contributed by atoms with Crippen LogP contribution in [-0.4, -0.2) is 41.9 Å². The van der Waals surface area contributed by atoms with Gasteiger partial charge in [-0.15, -0.1) is 0 Å². The molecule has 40 heavy (non-hydrogen) atoms. The van der Waals surface area contributed by atoms with Crippen LogP contribution in [0, 0.1) is 5.82 Å². The fraction of sp³-hybridized carbons (Fsp3) is 0.167. The topological polar surface area (TPSA) is 106 Å². The number of fused-ring (bicyclic) bond motifs is 1. The van der Waals surface area contributed by atoms with E-state index in [4.69, 9.17) is 4.74 Å². The zero-order valence-electron chi connectivity index (χ0n) is 21.8. The van der Waals surface area contributed by atoms with Gasteiger partial charge in [0.25, 0.3) is 0 Å². The first-order valence-corrected chi connectivity index (χ1v) is 14.7. The minimum Gasteiger partial charge on any atom is -0.489 e. The molecule has 0 atom stereocenters. The van der Waals surface area contributed by atoms with Gasteiger partial charge in [0.1, 0.15) is 40.2 Å². The molecule has 2 N–H and O–H groups in total. The lowest BCUT2D eigenvalue weighted by molar-refractivity contribution is 0.305. The minimum atomic E-state index is -3.00. The molecular formula is C30H28FN5O3S. The van der Waals surface area contributed by atoms with Gasteiger partial charge in [0.15, 0.2) is 0 Å². The fourth-order valence-corrected chi connectivity index (χ4v) is 4.63. The average molecular weight is 558 g/mol. The lowest BCUT2D eigenvalue weighted by atomic mass is 10.1. The summed E-state index contributed by atoms with van der Waals surface area (Å²) in [5.74, 6) is 1.11. The Balaban J connectivity index is 1.29. The van der Waals surface area contributed by atoms with Crippen molar-refractivity contribution in [2.24, 2.45) is 0 Å². The van der Waals surface area contributed by atoms with Crippen molar-refractivity contribution in [3.63, 3.8) is 0 Å². The number of halogens is 1. The molecule has 204 valence electrons. The van der Waals surface area contributed by atoms with E-state index >= 15 is 0 Å². The molecule has 8 nitrogen and oxygen atoms in total. The number of hydrogen-bond acceptors (Lipinski definition) is 8. The van der Waals surface area contributed by atoms with Gasteiger partial charge in [-0.2, -0.15) is 0 Å². The number of anilines is 2. The van der Waals surface area contributed by atoms with Gasteiger partial charge < -0.3 is 15.4 Å². The second-order valence-corrected chi connectivity index (χ2v) is 11.6. The first kappa shape index (κ1) is 27.2. The summed E-state index contributed by atoms with van der Waals surface area (Å²) in [6.07, 6.45) is 4.44. The zero-order chi connectivity index (χ0) is 28.0. The summed E-state index contributed by atoms with van der Waals surface area (Å²) in [4.78, 5) is 13.4. The third-order valence-corrected chi connectivity index (χ3v) is 7.08. The van der Waals surface area contributed by atoms with Gasteiger partial charge in [0, 0.05) is 36.0 Å². The number of hydrogen-bond donors (Lipinski definition) is 2. The second-order valence-electron chi connectivity index (χ2n) is 9.38. The van der Waals surface area contributed by atoms with Crippen LogP contribution in [0.3, 0.4) is 0 Å². The van der Waals surface area contributed by atoms with Crippen LogP contribution >= 0.6 is 0 Å². The number of ether oxygens (including phenoxy) is 1.